The molecule has 2 aromatic heterocycles. The molecule has 0 radical (unpaired) electrons. The molecule has 0 aliphatic heterocycles. The van der Waals surface area contributed by atoms with E-state index in [4.69, 9.17) is 14.4 Å². The number of hydrogen-bond donors (Lipinski definition) is 1. The number of ether oxygens (including phenoxy) is 1. The van der Waals surface area contributed by atoms with Crippen molar-refractivity contribution in [2.45, 2.75) is 13.8 Å². The number of carbonyl (C=O) groups is 1. The number of nitriles is 1. The lowest BCUT2D eigenvalue weighted by molar-refractivity contribution is 0.102. The van der Waals surface area contributed by atoms with Gasteiger partial charge in [0.15, 0.2) is 5.69 Å². The Labute approximate surface area is 179 Å². The van der Waals surface area contributed by atoms with Gasteiger partial charge < -0.3 is 14.5 Å². The number of rotatable bonds is 5. The smallest absolute Gasteiger partial charge is 0.277 e. The van der Waals surface area contributed by atoms with Gasteiger partial charge in [0.1, 0.15) is 23.1 Å². The fourth-order valence-electron chi connectivity index (χ4n) is 3.00. The summed E-state index contributed by atoms with van der Waals surface area (Å²) in [5, 5.41) is 12.0. The molecule has 4 aromatic rings. The van der Waals surface area contributed by atoms with E-state index < -0.39 is 0 Å². The van der Waals surface area contributed by atoms with Crippen molar-refractivity contribution in [3.63, 3.8) is 0 Å². The summed E-state index contributed by atoms with van der Waals surface area (Å²) in [5.74, 6) is 1.21. The van der Waals surface area contributed by atoms with E-state index in [1.54, 1.807) is 43.5 Å². The van der Waals surface area contributed by atoms with Gasteiger partial charge in [-0.2, -0.15) is 5.26 Å². The summed E-state index contributed by atoms with van der Waals surface area (Å²) in [6, 6.07) is 19.9. The van der Waals surface area contributed by atoms with Crippen molar-refractivity contribution in [3.05, 3.63) is 89.4 Å². The molecule has 152 valence electrons. The van der Waals surface area contributed by atoms with Crippen LogP contribution in [0.15, 0.2) is 71.3 Å². The molecule has 0 aliphatic carbocycles. The largest absolute Gasteiger partial charge is 0.441 e. The predicted molar refractivity (Wildman–Crippen MR) is 115 cm³/mol. The van der Waals surface area contributed by atoms with Crippen LogP contribution >= 0.6 is 0 Å². The second-order valence-electron chi connectivity index (χ2n) is 6.79. The zero-order valence-corrected chi connectivity index (χ0v) is 16.9. The maximum Gasteiger partial charge on any atom is 0.277 e. The normalized spacial score (nSPS) is 10.4. The highest BCUT2D eigenvalue weighted by atomic mass is 16.5. The van der Waals surface area contributed by atoms with Crippen molar-refractivity contribution in [2.24, 2.45) is 0 Å². The third kappa shape index (κ3) is 4.28. The van der Waals surface area contributed by atoms with Crippen molar-refractivity contribution in [2.75, 3.05) is 5.32 Å². The molecule has 0 aliphatic rings. The number of amides is 1. The minimum Gasteiger partial charge on any atom is -0.441 e. The number of carbonyl (C=O) groups excluding carboxylic acids is 1. The molecule has 2 heterocycles. The number of hydrogen-bond acceptors (Lipinski definition) is 6. The van der Waals surface area contributed by atoms with Crippen molar-refractivity contribution >= 4 is 11.6 Å². The fourth-order valence-corrected chi connectivity index (χ4v) is 3.00. The molecule has 0 saturated heterocycles. The van der Waals surface area contributed by atoms with E-state index in [1.807, 2.05) is 43.3 Å². The van der Waals surface area contributed by atoms with E-state index in [1.165, 1.54) is 0 Å². The Morgan fingerprint density at radius 1 is 1.10 bits per heavy atom. The summed E-state index contributed by atoms with van der Waals surface area (Å²) in [6.45, 7) is 3.55. The highest BCUT2D eigenvalue weighted by molar-refractivity contribution is 6.04. The summed E-state index contributed by atoms with van der Waals surface area (Å²) in [6.07, 6.45) is 1.56. The topological polar surface area (TPSA) is 101 Å². The SMILES string of the molecule is Cc1cc(Oc2ncccc2C#N)ccc1NC(=O)c1nc(-c2ccccc2)oc1C. The Morgan fingerprint density at radius 2 is 1.90 bits per heavy atom. The van der Waals surface area contributed by atoms with Crippen LogP contribution in [0.1, 0.15) is 27.4 Å². The maximum atomic E-state index is 12.8. The lowest BCUT2D eigenvalue weighted by atomic mass is 10.2. The number of aryl methyl sites for hydroxylation is 2. The number of aromatic nitrogens is 2. The molecule has 0 unspecified atom stereocenters. The van der Waals surface area contributed by atoms with Gasteiger partial charge in [0.2, 0.25) is 11.8 Å². The van der Waals surface area contributed by atoms with Crippen molar-refractivity contribution in [3.8, 4) is 29.2 Å². The molecule has 0 saturated carbocycles. The van der Waals surface area contributed by atoms with Crippen molar-refractivity contribution in [1.82, 2.24) is 9.97 Å². The van der Waals surface area contributed by atoms with Crippen LogP contribution in [-0.2, 0) is 0 Å². The lowest BCUT2D eigenvalue weighted by Crippen LogP contribution is -2.14. The molecular formula is C24H18N4O3. The summed E-state index contributed by atoms with van der Waals surface area (Å²) in [7, 11) is 0. The summed E-state index contributed by atoms with van der Waals surface area (Å²) in [5.41, 5.74) is 2.76. The maximum absolute atomic E-state index is 12.8. The number of benzene rings is 2. The second kappa shape index (κ2) is 8.51. The zero-order valence-electron chi connectivity index (χ0n) is 16.9. The molecule has 7 nitrogen and oxygen atoms in total. The van der Waals surface area contributed by atoms with Crippen molar-refractivity contribution < 1.29 is 13.9 Å². The van der Waals surface area contributed by atoms with Gasteiger partial charge >= 0.3 is 0 Å². The quantitative estimate of drug-likeness (QED) is 0.481. The number of oxazole rings is 1. The van der Waals surface area contributed by atoms with Crippen LogP contribution in [0.3, 0.4) is 0 Å². The molecule has 7 heteroatoms. The first-order chi connectivity index (χ1) is 15.0. The van der Waals surface area contributed by atoms with Crippen LogP contribution in [0.4, 0.5) is 5.69 Å². The van der Waals surface area contributed by atoms with E-state index in [9.17, 15) is 4.79 Å². The molecule has 0 atom stereocenters. The molecular weight excluding hydrogens is 392 g/mol. The first-order valence-electron chi connectivity index (χ1n) is 9.53. The van der Waals surface area contributed by atoms with Crippen LogP contribution in [0, 0.1) is 25.2 Å². The predicted octanol–water partition coefficient (Wildman–Crippen LogP) is 5.27. The van der Waals surface area contributed by atoms with E-state index in [2.05, 4.69) is 15.3 Å². The Balaban J connectivity index is 1.52. The highest BCUT2D eigenvalue weighted by Crippen LogP contribution is 2.28. The van der Waals surface area contributed by atoms with Crippen LogP contribution in [-0.4, -0.2) is 15.9 Å². The third-order valence-electron chi connectivity index (χ3n) is 4.58. The lowest BCUT2D eigenvalue weighted by Gasteiger charge is -2.11. The van der Waals surface area contributed by atoms with E-state index >= 15 is 0 Å². The number of nitrogens with zero attached hydrogens (tertiary/aromatic N) is 3. The van der Waals surface area contributed by atoms with Gasteiger partial charge in [-0.1, -0.05) is 18.2 Å². The molecule has 1 N–H and O–H groups in total. The highest BCUT2D eigenvalue weighted by Gasteiger charge is 2.19. The summed E-state index contributed by atoms with van der Waals surface area (Å²) in [4.78, 5) is 21.2. The summed E-state index contributed by atoms with van der Waals surface area (Å²) >= 11 is 0. The molecule has 0 bridgehead atoms. The van der Waals surface area contributed by atoms with Gasteiger partial charge in [0.25, 0.3) is 5.91 Å². The monoisotopic (exact) mass is 410 g/mol. The molecule has 0 spiro atoms. The zero-order chi connectivity index (χ0) is 21.8. The van der Waals surface area contributed by atoms with Crippen LogP contribution in [0.5, 0.6) is 11.6 Å². The fraction of sp³-hybridized carbons (Fsp3) is 0.0833. The van der Waals surface area contributed by atoms with Gasteiger partial charge in [0, 0.05) is 17.4 Å². The first kappa shape index (κ1) is 19.9. The van der Waals surface area contributed by atoms with Gasteiger partial charge in [0.05, 0.1) is 0 Å². The molecule has 31 heavy (non-hydrogen) atoms. The standard InChI is InChI=1S/C24H18N4O3/c1-15-13-19(31-23-18(14-25)9-6-12-26-23)10-11-20(15)27-22(29)21-16(2)30-24(28-21)17-7-4-3-5-8-17/h3-13H,1-2H3,(H,27,29). The first-order valence-corrected chi connectivity index (χ1v) is 9.53. The van der Waals surface area contributed by atoms with Gasteiger partial charge in [-0.3, -0.25) is 4.79 Å². The summed E-state index contributed by atoms with van der Waals surface area (Å²) < 4.78 is 11.4. The molecule has 2 aromatic carbocycles. The average molecular weight is 410 g/mol. The van der Waals surface area contributed by atoms with E-state index in [0.29, 0.717) is 28.7 Å². The third-order valence-corrected chi connectivity index (χ3v) is 4.58. The molecule has 4 rings (SSSR count). The Morgan fingerprint density at radius 3 is 2.65 bits per heavy atom. The molecule has 1 amide bonds. The minimum atomic E-state index is -0.364. The Bertz CT molecular complexity index is 1290. The van der Waals surface area contributed by atoms with Crippen LogP contribution < -0.4 is 10.1 Å². The van der Waals surface area contributed by atoms with E-state index in [0.717, 1.165) is 11.1 Å². The van der Waals surface area contributed by atoms with Gasteiger partial charge in [-0.05, 0) is 61.9 Å². The second-order valence-corrected chi connectivity index (χ2v) is 6.79. The number of pyridine rings is 1. The van der Waals surface area contributed by atoms with Crippen LogP contribution in [0.2, 0.25) is 0 Å². The average Bonchev–Trinajstić information content (AvgIpc) is 3.18. The Hall–Kier alpha value is -4.44. The van der Waals surface area contributed by atoms with Gasteiger partial charge in [-0.25, -0.2) is 9.97 Å². The van der Waals surface area contributed by atoms with Crippen molar-refractivity contribution in [1.29, 1.82) is 5.26 Å². The van der Waals surface area contributed by atoms with Crippen LogP contribution in [0.25, 0.3) is 11.5 Å². The van der Waals surface area contributed by atoms with Gasteiger partial charge in [-0.15, -0.1) is 0 Å². The minimum absolute atomic E-state index is 0.228. The Kier molecular flexibility index (Phi) is 5.45. The number of nitrogens with one attached hydrogen (secondary N) is 1. The number of anilines is 1. The van der Waals surface area contributed by atoms with E-state index in [-0.39, 0.29) is 17.5 Å². The molecule has 0 fully saturated rings.